The maximum absolute atomic E-state index is 11.7. The molecular weight excluding hydrogens is 208 g/mol. The molecule has 0 heterocycles. The Labute approximate surface area is 92.7 Å². The molecular formula is C12H20O2S. The van der Waals surface area contributed by atoms with Crippen LogP contribution in [0.25, 0.3) is 0 Å². The third-order valence-corrected chi connectivity index (χ3v) is 5.28. The summed E-state index contributed by atoms with van der Waals surface area (Å²) in [6, 6.07) is 0. The van der Waals surface area contributed by atoms with Crippen molar-refractivity contribution in [2.45, 2.75) is 56.6 Å². The molecule has 2 saturated carbocycles. The van der Waals surface area contributed by atoms with Gasteiger partial charge in [-0.3, -0.25) is 0 Å². The van der Waals surface area contributed by atoms with Crippen molar-refractivity contribution in [3.63, 3.8) is 0 Å². The molecule has 2 aliphatic rings. The molecule has 0 aromatic rings. The molecule has 0 N–H and O–H groups in total. The number of rotatable bonds is 1. The van der Waals surface area contributed by atoms with E-state index in [-0.39, 0.29) is 5.25 Å². The zero-order valence-electron chi connectivity index (χ0n) is 9.46. The molecule has 3 heteroatoms. The van der Waals surface area contributed by atoms with Crippen molar-refractivity contribution >= 4 is 9.84 Å². The standard InChI is InChI=1S/C12H20O2S/c1-15(13,14)12-9-5-8-11(12)10-6-3-2-4-7-10/h12H,2-9H2,1H3. The molecule has 0 amide bonds. The first-order valence-corrected chi connectivity index (χ1v) is 7.94. The van der Waals surface area contributed by atoms with Gasteiger partial charge in [-0.05, 0) is 44.9 Å². The quantitative estimate of drug-likeness (QED) is 0.647. The molecule has 2 nitrogen and oxygen atoms in total. The molecule has 2 aliphatic carbocycles. The van der Waals surface area contributed by atoms with Gasteiger partial charge in [0, 0.05) is 6.26 Å². The maximum Gasteiger partial charge on any atom is 0.154 e. The Morgan fingerprint density at radius 1 is 1.00 bits per heavy atom. The Balaban J connectivity index is 2.27. The molecule has 0 radical (unpaired) electrons. The fourth-order valence-corrected chi connectivity index (χ4v) is 4.39. The number of hydrogen-bond donors (Lipinski definition) is 0. The second-order valence-corrected chi connectivity index (χ2v) is 7.13. The van der Waals surface area contributed by atoms with E-state index in [1.165, 1.54) is 36.7 Å². The third-order valence-electron chi connectivity index (χ3n) is 3.73. The van der Waals surface area contributed by atoms with Gasteiger partial charge in [-0.1, -0.05) is 17.6 Å². The van der Waals surface area contributed by atoms with Gasteiger partial charge in [0.25, 0.3) is 0 Å². The summed E-state index contributed by atoms with van der Waals surface area (Å²) in [6.07, 6.45) is 10.5. The molecule has 0 aromatic carbocycles. The van der Waals surface area contributed by atoms with Crippen molar-refractivity contribution in [1.29, 1.82) is 0 Å². The van der Waals surface area contributed by atoms with Gasteiger partial charge in [-0.15, -0.1) is 0 Å². The summed E-state index contributed by atoms with van der Waals surface area (Å²) < 4.78 is 23.3. The van der Waals surface area contributed by atoms with Crippen molar-refractivity contribution in [3.05, 3.63) is 11.1 Å². The van der Waals surface area contributed by atoms with Crippen molar-refractivity contribution < 1.29 is 8.42 Å². The first-order valence-electron chi connectivity index (χ1n) is 5.98. The van der Waals surface area contributed by atoms with Crippen molar-refractivity contribution in [3.8, 4) is 0 Å². The zero-order chi connectivity index (χ0) is 10.9. The molecule has 2 fully saturated rings. The van der Waals surface area contributed by atoms with Crippen LogP contribution in [0, 0.1) is 0 Å². The van der Waals surface area contributed by atoms with Crippen molar-refractivity contribution in [2.24, 2.45) is 0 Å². The third kappa shape index (κ3) is 2.44. The van der Waals surface area contributed by atoms with Gasteiger partial charge in [0.15, 0.2) is 9.84 Å². The van der Waals surface area contributed by atoms with Gasteiger partial charge in [0.05, 0.1) is 5.25 Å². The van der Waals surface area contributed by atoms with E-state index in [0.29, 0.717) is 0 Å². The number of hydrogen-bond acceptors (Lipinski definition) is 2. The zero-order valence-corrected chi connectivity index (χ0v) is 10.3. The van der Waals surface area contributed by atoms with E-state index < -0.39 is 9.84 Å². The van der Waals surface area contributed by atoms with Gasteiger partial charge in [-0.25, -0.2) is 8.42 Å². The summed E-state index contributed by atoms with van der Waals surface area (Å²) in [4.78, 5) is 0. The normalized spacial score (nSPS) is 28.5. The Morgan fingerprint density at radius 3 is 2.27 bits per heavy atom. The second-order valence-electron chi connectivity index (χ2n) is 4.90. The highest BCUT2D eigenvalue weighted by Gasteiger charge is 2.31. The summed E-state index contributed by atoms with van der Waals surface area (Å²) >= 11 is 0. The fourth-order valence-electron chi connectivity index (χ4n) is 2.99. The lowest BCUT2D eigenvalue weighted by Crippen LogP contribution is -2.19. The fraction of sp³-hybridized carbons (Fsp3) is 0.833. The minimum absolute atomic E-state index is 0.134. The van der Waals surface area contributed by atoms with Crippen LogP contribution in [0.3, 0.4) is 0 Å². The largest absolute Gasteiger partial charge is 0.229 e. The van der Waals surface area contributed by atoms with Crippen LogP contribution in [0.1, 0.15) is 51.4 Å². The van der Waals surface area contributed by atoms with Gasteiger partial charge in [0.2, 0.25) is 0 Å². The van der Waals surface area contributed by atoms with Crippen LogP contribution in [0.4, 0.5) is 0 Å². The van der Waals surface area contributed by atoms with Crippen molar-refractivity contribution in [2.75, 3.05) is 6.26 Å². The van der Waals surface area contributed by atoms with Crippen LogP contribution in [-0.4, -0.2) is 19.9 Å². The van der Waals surface area contributed by atoms with E-state index >= 15 is 0 Å². The van der Waals surface area contributed by atoms with E-state index in [4.69, 9.17) is 0 Å². The Hall–Kier alpha value is -0.310. The molecule has 15 heavy (non-hydrogen) atoms. The SMILES string of the molecule is CS(=O)(=O)C1CCCC1=C1CCCCC1. The molecule has 0 bridgehead atoms. The minimum atomic E-state index is -2.86. The van der Waals surface area contributed by atoms with E-state index in [2.05, 4.69) is 0 Å². The molecule has 1 unspecified atom stereocenters. The van der Waals surface area contributed by atoms with Crippen LogP contribution in [0.5, 0.6) is 0 Å². The molecule has 0 spiro atoms. The first-order chi connectivity index (χ1) is 7.09. The van der Waals surface area contributed by atoms with Crippen molar-refractivity contribution in [1.82, 2.24) is 0 Å². The molecule has 0 aromatic heterocycles. The van der Waals surface area contributed by atoms with Crippen LogP contribution >= 0.6 is 0 Å². The van der Waals surface area contributed by atoms with E-state index in [0.717, 1.165) is 32.1 Å². The smallest absolute Gasteiger partial charge is 0.154 e. The van der Waals surface area contributed by atoms with Crippen LogP contribution < -0.4 is 0 Å². The monoisotopic (exact) mass is 228 g/mol. The molecule has 86 valence electrons. The summed E-state index contributed by atoms with van der Waals surface area (Å²) in [5.41, 5.74) is 2.77. The highest BCUT2D eigenvalue weighted by Crippen LogP contribution is 2.37. The number of sulfone groups is 1. The highest BCUT2D eigenvalue weighted by atomic mass is 32.2. The van der Waals surface area contributed by atoms with E-state index in [1.807, 2.05) is 0 Å². The van der Waals surface area contributed by atoms with Gasteiger partial charge in [0.1, 0.15) is 0 Å². The summed E-state index contributed by atoms with van der Waals surface area (Å²) in [5, 5.41) is -0.134. The van der Waals surface area contributed by atoms with Gasteiger partial charge >= 0.3 is 0 Å². The highest BCUT2D eigenvalue weighted by molar-refractivity contribution is 7.91. The predicted octanol–water partition coefficient (Wildman–Crippen LogP) is 2.84. The maximum atomic E-state index is 11.7. The Kier molecular flexibility index (Phi) is 3.19. The minimum Gasteiger partial charge on any atom is -0.229 e. The first kappa shape index (κ1) is 11.2. The molecule has 0 saturated heterocycles. The lowest BCUT2D eigenvalue weighted by Gasteiger charge is -2.20. The summed E-state index contributed by atoms with van der Waals surface area (Å²) in [5.74, 6) is 0. The predicted molar refractivity (Wildman–Crippen MR) is 62.6 cm³/mol. The number of allylic oxidation sites excluding steroid dienone is 1. The average molecular weight is 228 g/mol. The Morgan fingerprint density at radius 2 is 1.67 bits per heavy atom. The van der Waals surface area contributed by atoms with Crippen LogP contribution in [-0.2, 0) is 9.84 Å². The molecule has 1 atom stereocenters. The second kappa shape index (κ2) is 4.28. The van der Waals surface area contributed by atoms with E-state index in [9.17, 15) is 8.42 Å². The average Bonchev–Trinajstić information content (AvgIpc) is 2.67. The summed E-state index contributed by atoms with van der Waals surface area (Å²) in [7, 11) is -2.86. The van der Waals surface area contributed by atoms with E-state index in [1.54, 1.807) is 0 Å². The lowest BCUT2D eigenvalue weighted by atomic mass is 9.90. The van der Waals surface area contributed by atoms with Crippen LogP contribution in [0.2, 0.25) is 0 Å². The molecule has 0 aliphatic heterocycles. The van der Waals surface area contributed by atoms with Crippen LogP contribution in [0.15, 0.2) is 11.1 Å². The molecule has 2 rings (SSSR count). The lowest BCUT2D eigenvalue weighted by molar-refractivity contribution is 0.580. The van der Waals surface area contributed by atoms with Gasteiger partial charge < -0.3 is 0 Å². The topological polar surface area (TPSA) is 34.1 Å². The Bertz CT molecular complexity index is 357. The van der Waals surface area contributed by atoms with Gasteiger partial charge in [-0.2, -0.15) is 0 Å². The summed E-state index contributed by atoms with van der Waals surface area (Å²) in [6.45, 7) is 0.